The van der Waals surface area contributed by atoms with Crippen LogP contribution in [0.5, 0.6) is 0 Å². The predicted molar refractivity (Wildman–Crippen MR) is 78.1 cm³/mol. The molecule has 1 aromatic rings. The number of amides is 2. The van der Waals surface area contributed by atoms with Gasteiger partial charge in [-0.25, -0.2) is 9.59 Å². The molecule has 1 aliphatic heterocycles. The predicted octanol–water partition coefficient (Wildman–Crippen LogP) is 2.17. The number of hydrogen-bond acceptors (Lipinski definition) is 3. The number of urea groups is 1. The van der Waals surface area contributed by atoms with E-state index in [0.29, 0.717) is 11.6 Å². The van der Waals surface area contributed by atoms with Gasteiger partial charge in [0.2, 0.25) is 0 Å². The van der Waals surface area contributed by atoms with Crippen LogP contribution in [-0.4, -0.2) is 39.7 Å². The standard InChI is InChI=1S/C14H16N2O3S/c17-13(18)12-7-20-8-16(12)14(19)15-11-5-4-9-2-1-3-10(9)6-11/h4-6,12H,1-3,7-8H2,(H,15,19)(H,17,18). The maximum absolute atomic E-state index is 12.2. The third kappa shape index (κ3) is 2.47. The van der Waals surface area contributed by atoms with E-state index in [-0.39, 0.29) is 6.03 Å². The maximum Gasteiger partial charge on any atom is 0.327 e. The molecule has 6 heteroatoms. The van der Waals surface area contributed by atoms with Gasteiger partial charge in [-0.15, -0.1) is 11.8 Å². The lowest BCUT2D eigenvalue weighted by Crippen LogP contribution is -2.43. The normalized spacial score (nSPS) is 20.8. The highest BCUT2D eigenvalue weighted by molar-refractivity contribution is 7.99. The Bertz CT molecular complexity index is 561. The maximum atomic E-state index is 12.2. The van der Waals surface area contributed by atoms with Crippen LogP contribution < -0.4 is 5.32 Å². The molecule has 5 nitrogen and oxygen atoms in total. The molecular formula is C14H16N2O3S. The van der Waals surface area contributed by atoms with Crippen LogP contribution in [0.15, 0.2) is 18.2 Å². The number of nitrogens with zero attached hydrogens (tertiary/aromatic N) is 1. The van der Waals surface area contributed by atoms with Crippen molar-refractivity contribution >= 4 is 29.4 Å². The van der Waals surface area contributed by atoms with E-state index in [1.54, 1.807) is 0 Å². The molecule has 106 valence electrons. The van der Waals surface area contributed by atoms with E-state index in [1.165, 1.54) is 27.8 Å². The summed E-state index contributed by atoms with van der Waals surface area (Å²) in [7, 11) is 0. The molecule has 3 rings (SSSR count). The second-order valence-corrected chi connectivity index (χ2v) is 6.09. The lowest BCUT2D eigenvalue weighted by atomic mass is 10.1. The minimum absolute atomic E-state index is 0.333. The van der Waals surface area contributed by atoms with Gasteiger partial charge in [-0.3, -0.25) is 0 Å². The van der Waals surface area contributed by atoms with Crippen molar-refractivity contribution in [1.29, 1.82) is 0 Å². The Labute approximate surface area is 121 Å². The van der Waals surface area contributed by atoms with Crippen LogP contribution in [-0.2, 0) is 17.6 Å². The number of benzene rings is 1. The first-order valence-corrected chi connectivity index (χ1v) is 7.80. The zero-order valence-corrected chi connectivity index (χ0v) is 11.8. The molecule has 0 radical (unpaired) electrons. The van der Waals surface area contributed by atoms with Gasteiger partial charge >= 0.3 is 12.0 Å². The molecule has 0 saturated carbocycles. The van der Waals surface area contributed by atoms with Gasteiger partial charge in [0, 0.05) is 11.4 Å². The first kappa shape index (κ1) is 13.3. The van der Waals surface area contributed by atoms with Crippen LogP contribution in [0.25, 0.3) is 0 Å². The quantitative estimate of drug-likeness (QED) is 0.876. The van der Waals surface area contributed by atoms with E-state index in [0.717, 1.165) is 24.9 Å². The number of anilines is 1. The fourth-order valence-corrected chi connectivity index (χ4v) is 3.84. The summed E-state index contributed by atoms with van der Waals surface area (Å²) in [6.45, 7) is 0. The fraction of sp³-hybridized carbons (Fsp3) is 0.429. The number of carboxylic acid groups (broad SMARTS) is 1. The number of carbonyl (C=O) groups is 2. The van der Waals surface area contributed by atoms with E-state index < -0.39 is 12.0 Å². The Hall–Kier alpha value is -1.69. The summed E-state index contributed by atoms with van der Waals surface area (Å²) < 4.78 is 0. The van der Waals surface area contributed by atoms with Crippen LogP contribution in [0.2, 0.25) is 0 Å². The molecule has 2 N–H and O–H groups in total. The molecule has 0 bridgehead atoms. The molecule has 1 unspecified atom stereocenters. The molecule has 1 aromatic carbocycles. The molecule has 1 atom stereocenters. The molecule has 0 spiro atoms. The SMILES string of the molecule is O=C(O)C1CSCN1C(=O)Nc1ccc2c(c1)CCC2. The van der Waals surface area contributed by atoms with Crippen LogP contribution in [0.3, 0.4) is 0 Å². The molecule has 2 aliphatic rings. The van der Waals surface area contributed by atoms with Gasteiger partial charge in [0.15, 0.2) is 0 Å². The summed E-state index contributed by atoms with van der Waals surface area (Å²) in [5, 5.41) is 11.9. The minimum Gasteiger partial charge on any atom is -0.480 e. The zero-order valence-electron chi connectivity index (χ0n) is 11.0. The number of thioether (sulfide) groups is 1. The number of carbonyl (C=O) groups excluding carboxylic acids is 1. The largest absolute Gasteiger partial charge is 0.480 e. The van der Waals surface area contributed by atoms with Crippen molar-refractivity contribution in [2.24, 2.45) is 0 Å². The van der Waals surface area contributed by atoms with Gasteiger partial charge in [0.25, 0.3) is 0 Å². The first-order chi connectivity index (χ1) is 9.65. The summed E-state index contributed by atoms with van der Waals surface area (Å²) in [5.74, 6) is -0.0696. The topological polar surface area (TPSA) is 69.6 Å². The van der Waals surface area contributed by atoms with Gasteiger partial charge in [-0.05, 0) is 42.5 Å². The molecule has 1 aliphatic carbocycles. The van der Waals surface area contributed by atoms with Crippen LogP contribution in [0, 0.1) is 0 Å². The van der Waals surface area contributed by atoms with E-state index >= 15 is 0 Å². The van der Waals surface area contributed by atoms with E-state index in [4.69, 9.17) is 5.11 Å². The van der Waals surface area contributed by atoms with Crippen LogP contribution in [0.1, 0.15) is 17.5 Å². The number of hydrogen-bond donors (Lipinski definition) is 2. The zero-order chi connectivity index (χ0) is 14.1. The van der Waals surface area contributed by atoms with Gasteiger partial charge in [-0.2, -0.15) is 0 Å². The Kier molecular flexibility index (Phi) is 3.56. The van der Waals surface area contributed by atoms with Crippen molar-refractivity contribution < 1.29 is 14.7 Å². The highest BCUT2D eigenvalue weighted by atomic mass is 32.2. The number of rotatable bonds is 2. The Morgan fingerprint density at radius 3 is 2.90 bits per heavy atom. The fourth-order valence-electron chi connectivity index (χ4n) is 2.69. The van der Waals surface area contributed by atoms with Crippen molar-refractivity contribution in [3.05, 3.63) is 29.3 Å². The summed E-state index contributed by atoms with van der Waals surface area (Å²) in [6.07, 6.45) is 3.32. The summed E-state index contributed by atoms with van der Waals surface area (Å²) in [4.78, 5) is 24.6. The Balaban J connectivity index is 1.71. The molecular weight excluding hydrogens is 276 g/mol. The van der Waals surface area contributed by atoms with E-state index in [2.05, 4.69) is 5.32 Å². The monoisotopic (exact) mass is 292 g/mol. The summed E-state index contributed by atoms with van der Waals surface area (Å²) in [5.41, 5.74) is 3.38. The smallest absolute Gasteiger partial charge is 0.327 e. The van der Waals surface area contributed by atoms with Crippen LogP contribution >= 0.6 is 11.8 Å². The van der Waals surface area contributed by atoms with E-state index in [9.17, 15) is 9.59 Å². The highest BCUT2D eigenvalue weighted by Gasteiger charge is 2.34. The lowest BCUT2D eigenvalue weighted by Gasteiger charge is -2.21. The number of aliphatic carboxylic acids is 1. The van der Waals surface area contributed by atoms with Gasteiger partial charge in [0.1, 0.15) is 6.04 Å². The van der Waals surface area contributed by atoms with Gasteiger partial charge in [0.05, 0.1) is 5.88 Å². The van der Waals surface area contributed by atoms with Gasteiger partial charge in [-0.1, -0.05) is 6.07 Å². The Morgan fingerprint density at radius 2 is 2.10 bits per heavy atom. The molecule has 2 amide bonds. The first-order valence-electron chi connectivity index (χ1n) is 6.65. The number of nitrogens with one attached hydrogen (secondary N) is 1. The van der Waals surface area contributed by atoms with Crippen molar-refractivity contribution in [3.8, 4) is 0 Å². The molecule has 20 heavy (non-hydrogen) atoms. The summed E-state index contributed by atoms with van der Waals surface area (Å²) >= 11 is 1.46. The average Bonchev–Trinajstić information content (AvgIpc) is 3.06. The minimum atomic E-state index is -0.945. The Morgan fingerprint density at radius 1 is 1.30 bits per heavy atom. The third-order valence-corrected chi connectivity index (χ3v) is 4.79. The van der Waals surface area contributed by atoms with Crippen LogP contribution in [0.4, 0.5) is 10.5 Å². The molecule has 1 heterocycles. The number of carboxylic acids is 1. The average molecular weight is 292 g/mol. The van der Waals surface area contributed by atoms with Crippen molar-refractivity contribution in [2.75, 3.05) is 16.9 Å². The van der Waals surface area contributed by atoms with Crippen molar-refractivity contribution in [2.45, 2.75) is 25.3 Å². The number of fused-ring (bicyclic) bond motifs is 1. The molecule has 0 aromatic heterocycles. The van der Waals surface area contributed by atoms with Crippen molar-refractivity contribution in [1.82, 2.24) is 4.90 Å². The second-order valence-electron chi connectivity index (χ2n) is 5.09. The van der Waals surface area contributed by atoms with Crippen molar-refractivity contribution in [3.63, 3.8) is 0 Å². The lowest BCUT2D eigenvalue weighted by molar-refractivity contribution is -0.140. The highest BCUT2D eigenvalue weighted by Crippen LogP contribution is 2.26. The van der Waals surface area contributed by atoms with Gasteiger partial charge < -0.3 is 15.3 Å². The molecule has 1 fully saturated rings. The molecule has 1 saturated heterocycles. The number of aryl methyl sites for hydroxylation is 2. The second kappa shape index (κ2) is 5.36. The third-order valence-electron chi connectivity index (χ3n) is 3.78. The van der Waals surface area contributed by atoms with E-state index in [1.807, 2.05) is 18.2 Å². The summed E-state index contributed by atoms with van der Waals surface area (Å²) in [6, 6.07) is 4.88.